The van der Waals surface area contributed by atoms with Crippen LogP contribution in [0.3, 0.4) is 0 Å². The molecule has 1 aromatic heterocycles. The molecule has 2 amide bonds. The molecule has 1 heterocycles. The second-order valence-electron chi connectivity index (χ2n) is 11.5. The van der Waals surface area contributed by atoms with Crippen LogP contribution in [-0.4, -0.2) is 38.5 Å². The summed E-state index contributed by atoms with van der Waals surface area (Å²) in [6.07, 6.45) is 3.79. The highest BCUT2D eigenvalue weighted by Gasteiger charge is 2.52. The van der Waals surface area contributed by atoms with Crippen LogP contribution < -0.4 is 16.8 Å². The van der Waals surface area contributed by atoms with E-state index in [9.17, 15) is 14.7 Å². The lowest BCUT2D eigenvalue weighted by molar-refractivity contribution is -0.0963. The fourth-order valence-electron chi connectivity index (χ4n) is 7.05. The molecule has 0 aliphatic heterocycles. The Labute approximate surface area is 216 Å². The quantitative estimate of drug-likeness (QED) is 0.260. The smallest absolute Gasteiger partial charge is 0.268 e. The number of fused-ring (bicyclic) bond motifs is 3. The van der Waals surface area contributed by atoms with Gasteiger partial charge >= 0.3 is 0 Å². The maximum absolute atomic E-state index is 13.9. The summed E-state index contributed by atoms with van der Waals surface area (Å²) >= 11 is 0. The second-order valence-corrected chi connectivity index (χ2v) is 11.5. The normalized spacial score (nSPS) is 27.1. The summed E-state index contributed by atoms with van der Waals surface area (Å²) in [4.78, 5) is 25.4. The first kappa shape index (κ1) is 25.0. The molecule has 37 heavy (non-hydrogen) atoms. The van der Waals surface area contributed by atoms with Crippen molar-refractivity contribution in [1.82, 2.24) is 9.88 Å². The van der Waals surface area contributed by atoms with Crippen molar-refractivity contribution < 1.29 is 14.7 Å². The largest absolute Gasteiger partial charge is 0.390 e. The van der Waals surface area contributed by atoms with E-state index in [0.717, 1.165) is 42.1 Å². The minimum Gasteiger partial charge on any atom is -0.390 e. The Kier molecular flexibility index (Phi) is 6.10. The highest BCUT2D eigenvalue weighted by atomic mass is 16.3. The van der Waals surface area contributed by atoms with Gasteiger partial charge in [-0.15, -0.1) is 0 Å². The number of nitrogens with two attached hydrogens (primary N) is 2. The minimum atomic E-state index is -0.742. The third-order valence-corrected chi connectivity index (χ3v) is 8.01. The zero-order valence-electron chi connectivity index (χ0n) is 21.4. The van der Waals surface area contributed by atoms with Crippen molar-refractivity contribution in [3.05, 3.63) is 70.9 Å². The average Bonchev–Trinajstić information content (AvgIpc) is 3.15. The number of rotatable bonds is 6. The third-order valence-electron chi connectivity index (χ3n) is 8.01. The van der Waals surface area contributed by atoms with Gasteiger partial charge in [-0.05, 0) is 73.8 Å². The number of amidine groups is 1. The maximum atomic E-state index is 13.9. The molecular weight excluding hydrogens is 466 g/mol. The molecule has 194 valence electrons. The highest BCUT2D eigenvalue weighted by molar-refractivity contribution is 6.02. The predicted molar refractivity (Wildman–Crippen MR) is 144 cm³/mol. The summed E-state index contributed by atoms with van der Waals surface area (Å²) in [5, 5.41) is 23.4. The van der Waals surface area contributed by atoms with Gasteiger partial charge in [0.2, 0.25) is 5.91 Å². The van der Waals surface area contributed by atoms with Crippen LogP contribution in [0, 0.1) is 17.2 Å². The molecule has 0 radical (unpaired) electrons. The number of carbonyl (C=O) groups is 2. The van der Waals surface area contributed by atoms with Crippen LogP contribution in [0.2, 0.25) is 0 Å². The Morgan fingerprint density at radius 2 is 1.62 bits per heavy atom. The van der Waals surface area contributed by atoms with Crippen molar-refractivity contribution in [2.45, 2.75) is 63.6 Å². The molecule has 0 spiro atoms. The second kappa shape index (κ2) is 9.03. The number of amides is 2. The van der Waals surface area contributed by atoms with Gasteiger partial charge < -0.3 is 26.5 Å². The molecule has 2 unspecified atom stereocenters. The molecule has 7 N–H and O–H groups in total. The molecule has 8 heteroatoms. The molecule has 0 saturated heterocycles. The topological polar surface area (TPSA) is 147 Å². The summed E-state index contributed by atoms with van der Waals surface area (Å²) in [6.45, 7) is 4.69. The first-order chi connectivity index (χ1) is 17.5. The summed E-state index contributed by atoms with van der Waals surface area (Å²) in [5.74, 6) is -0.0812. The fraction of sp³-hybridized carbons (Fsp3) is 0.414. The number of carbonyl (C=O) groups excluding carboxylic acids is 2. The van der Waals surface area contributed by atoms with E-state index in [1.165, 1.54) is 0 Å². The highest BCUT2D eigenvalue weighted by Crippen LogP contribution is 2.49. The summed E-state index contributed by atoms with van der Waals surface area (Å²) in [7, 11) is 0. The number of nitrogen functional groups attached to an aromatic ring is 1. The van der Waals surface area contributed by atoms with Crippen LogP contribution in [0.25, 0.3) is 10.9 Å². The van der Waals surface area contributed by atoms with Crippen molar-refractivity contribution >= 4 is 28.6 Å². The van der Waals surface area contributed by atoms with E-state index in [-0.39, 0.29) is 11.7 Å². The lowest BCUT2D eigenvalue weighted by Crippen LogP contribution is -2.62. The van der Waals surface area contributed by atoms with E-state index in [4.69, 9.17) is 16.9 Å². The van der Waals surface area contributed by atoms with Gasteiger partial charge in [0.15, 0.2) is 0 Å². The third kappa shape index (κ3) is 4.85. The van der Waals surface area contributed by atoms with Crippen LogP contribution in [0.4, 0.5) is 0 Å². The summed E-state index contributed by atoms with van der Waals surface area (Å²) in [6, 6.07) is 14.4. The van der Waals surface area contributed by atoms with E-state index < -0.39 is 17.0 Å². The Bertz CT molecular complexity index is 1380. The standard InChI is InChI=1S/C29H35N5O3/c1-17-11-28(12-18(2)14-29(37,13-17)16-28)33-27(36)24-9-21-7-8-22(25(30)31)10-23(21)34(24)15-19-3-5-20(6-4-19)26(32)35/h3-10,17-18,37H,11-16H2,1-2H3,(H3,30,31)(H2,32,35)(H,33,36). The van der Waals surface area contributed by atoms with Gasteiger partial charge in [-0.2, -0.15) is 0 Å². The van der Waals surface area contributed by atoms with Crippen molar-refractivity contribution in [2.75, 3.05) is 0 Å². The fourth-order valence-corrected chi connectivity index (χ4v) is 7.05. The zero-order chi connectivity index (χ0) is 26.5. The lowest BCUT2D eigenvalue weighted by atomic mass is 9.59. The zero-order valence-corrected chi connectivity index (χ0v) is 21.4. The number of hydrogen-bond donors (Lipinski definition) is 5. The molecule has 5 rings (SSSR count). The number of nitrogens with zero attached hydrogens (tertiary/aromatic N) is 1. The van der Waals surface area contributed by atoms with Gasteiger partial charge in [0.05, 0.1) is 5.60 Å². The lowest BCUT2D eigenvalue weighted by Gasteiger charge is -2.54. The number of nitrogens with one attached hydrogen (secondary N) is 2. The van der Waals surface area contributed by atoms with E-state index in [1.807, 2.05) is 34.9 Å². The van der Waals surface area contributed by atoms with Crippen molar-refractivity contribution in [3.63, 3.8) is 0 Å². The van der Waals surface area contributed by atoms with Gasteiger partial charge in [0.25, 0.3) is 5.91 Å². The molecule has 2 aromatic carbocycles. The van der Waals surface area contributed by atoms with Crippen LogP contribution in [0.1, 0.15) is 77.9 Å². The molecule has 2 aliphatic carbocycles. The van der Waals surface area contributed by atoms with Gasteiger partial charge in [0.1, 0.15) is 11.5 Å². The van der Waals surface area contributed by atoms with Crippen LogP contribution >= 0.6 is 0 Å². The van der Waals surface area contributed by atoms with Crippen molar-refractivity contribution in [2.24, 2.45) is 23.3 Å². The van der Waals surface area contributed by atoms with Crippen LogP contribution in [-0.2, 0) is 6.54 Å². The first-order valence-electron chi connectivity index (χ1n) is 12.9. The number of primary amides is 1. The Morgan fingerprint density at radius 1 is 1.00 bits per heavy atom. The van der Waals surface area contributed by atoms with E-state index in [2.05, 4.69) is 19.2 Å². The molecule has 3 aromatic rings. The first-order valence-corrected chi connectivity index (χ1v) is 12.9. The molecule has 2 atom stereocenters. The number of benzene rings is 2. The van der Waals surface area contributed by atoms with Crippen LogP contribution in [0.15, 0.2) is 48.5 Å². The Hall–Kier alpha value is -3.65. The van der Waals surface area contributed by atoms with Gasteiger partial charge in [0, 0.05) is 34.1 Å². The van der Waals surface area contributed by atoms with Gasteiger partial charge in [-0.1, -0.05) is 38.1 Å². The number of aromatic nitrogens is 1. The van der Waals surface area contributed by atoms with E-state index >= 15 is 0 Å². The van der Waals surface area contributed by atoms with Gasteiger partial charge in [-0.3, -0.25) is 15.0 Å². The predicted octanol–water partition coefficient (Wildman–Crippen LogP) is 3.52. The Balaban J connectivity index is 1.54. The van der Waals surface area contributed by atoms with Crippen LogP contribution in [0.5, 0.6) is 0 Å². The van der Waals surface area contributed by atoms with Crippen molar-refractivity contribution in [1.29, 1.82) is 5.41 Å². The molecule has 8 nitrogen and oxygen atoms in total. The average molecular weight is 502 g/mol. The Morgan fingerprint density at radius 3 is 2.22 bits per heavy atom. The van der Waals surface area contributed by atoms with Gasteiger partial charge in [-0.25, -0.2) is 0 Å². The number of aliphatic hydroxyl groups is 1. The minimum absolute atomic E-state index is 0.0444. The summed E-state index contributed by atoms with van der Waals surface area (Å²) in [5.41, 5.74) is 13.2. The molecule has 2 aliphatic rings. The maximum Gasteiger partial charge on any atom is 0.268 e. The van der Waals surface area contributed by atoms with E-state index in [0.29, 0.717) is 41.6 Å². The van der Waals surface area contributed by atoms with Crippen molar-refractivity contribution in [3.8, 4) is 0 Å². The molecule has 2 saturated carbocycles. The molecule has 2 bridgehead atoms. The molecule has 2 fully saturated rings. The molecular formula is C29H35N5O3. The summed E-state index contributed by atoms with van der Waals surface area (Å²) < 4.78 is 1.93. The SMILES string of the molecule is CC1CC2(O)CC(C)CC(NC(=O)c3cc4ccc(C(=N)N)cc4n3Cc3ccc(C(N)=O)cc3)(C1)C2. The van der Waals surface area contributed by atoms with E-state index in [1.54, 1.807) is 18.2 Å². The number of hydrogen-bond acceptors (Lipinski definition) is 4. The monoisotopic (exact) mass is 501 g/mol.